The molecule has 1 saturated heterocycles. The number of nitrogens with one attached hydrogen (secondary N) is 1. The Labute approximate surface area is 121 Å². The number of aromatic nitrogens is 2. The van der Waals surface area contributed by atoms with Crippen LogP contribution in [0.4, 0.5) is 13.2 Å². The molecule has 8 heteroatoms. The summed E-state index contributed by atoms with van der Waals surface area (Å²) in [5.74, 6) is -0.114. The number of nitrogens with zero attached hydrogens (tertiary/aromatic N) is 3. The van der Waals surface area contributed by atoms with Crippen LogP contribution in [0.3, 0.4) is 0 Å². The van der Waals surface area contributed by atoms with Gasteiger partial charge in [-0.25, -0.2) is 0 Å². The van der Waals surface area contributed by atoms with E-state index in [1.165, 1.54) is 4.90 Å². The third-order valence-electron chi connectivity index (χ3n) is 3.48. The molecule has 0 unspecified atom stereocenters. The molecule has 1 aromatic rings. The van der Waals surface area contributed by atoms with Crippen molar-refractivity contribution < 1.29 is 18.0 Å². The number of carbonyl (C=O) groups excluding carboxylic acids is 1. The van der Waals surface area contributed by atoms with Crippen molar-refractivity contribution in [1.29, 1.82) is 0 Å². The molecular weight excluding hydrogens is 285 g/mol. The zero-order valence-corrected chi connectivity index (χ0v) is 11.9. The lowest BCUT2D eigenvalue weighted by molar-refractivity contribution is -0.148. The van der Waals surface area contributed by atoms with Crippen LogP contribution in [0.15, 0.2) is 12.4 Å². The third-order valence-corrected chi connectivity index (χ3v) is 3.48. The molecule has 1 amide bonds. The second kappa shape index (κ2) is 6.46. The van der Waals surface area contributed by atoms with Gasteiger partial charge in [0, 0.05) is 32.4 Å². The highest BCUT2D eigenvalue weighted by molar-refractivity contribution is 5.78. The van der Waals surface area contributed by atoms with Crippen molar-refractivity contribution in [3.05, 3.63) is 18.0 Å². The molecule has 0 aromatic carbocycles. The summed E-state index contributed by atoms with van der Waals surface area (Å²) < 4.78 is 38.4. The van der Waals surface area contributed by atoms with Crippen LogP contribution < -0.4 is 5.32 Å². The molecule has 1 aliphatic heterocycles. The Hall–Kier alpha value is -1.57. The Morgan fingerprint density at radius 1 is 1.43 bits per heavy atom. The first-order valence-corrected chi connectivity index (χ1v) is 6.88. The highest BCUT2D eigenvalue weighted by Crippen LogP contribution is 2.19. The highest BCUT2D eigenvalue weighted by atomic mass is 19.4. The maximum absolute atomic E-state index is 12.3. The van der Waals surface area contributed by atoms with Crippen LogP contribution in [-0.4, -0.2) is 52.4 Å². The molecule has 2 rings (SSSR count). The summed E-state index contributed by atoms with van der Waals surface area (Å²) in [4.78, 5) is 13.2. The van der Waals surface area contributed by atoms with Crippen LogP contribution in [-0.2, 0) is 18.3 Å². The lowest BCUT2D eigenvalue weighted by Gasteiger charge is -2.32. The summed E-state index contributed by atoms with van der Waals surface area (Å²) in [6.07, 6.45) is 0.591. The van der Waals surface area contributed by atoms with Gasteiger partial charge in [0.1, 0.15) is 0 Å². The number of hydrogen-bond donors (Lipinski definition) is 1. The van der Waals surface area contributed by atoms with Crippen molar-refractivity contribution in [3.63, 3.8) is 0 Å². The Bertz CT molecular complexity index is 478. The van der Waals surface area contributed by atoms with Crippen molar-refractivity contribution in [2.45, 2.75) is 31.5 Å². The normalized spacial score (nSPS) is 17.9. The molecule has 1 aliphatic rings. The standard InChI is InChI=1S/C13H19F3N4O/c1-19-8-10(7-17-19)6-12(21)18-11-2-4-20(5-3-11)9-13(14,15)16/h7-8,11H,2-6,9H2,1H3,(H,18,21). The number of piperidine rings is 1. The molecule has 0 atom stereocenters. The van der Waals surface area contributed by atoms with E-state index in [1.807, 2.05) is 0 Å². The minimum absolute atomic E-state index is 0.0429. The Kier molecular flexibility index (Phi) is 4.87. The van der Waals surface area contributed by atoms with Crippen LogP contribution in [0.2, 0.25) is 0 Å². The maximum atomic E-state index is 12.3. The largest absolute Gasteiger partial charge is 0.401 e. The fourth-order valence-electron chi connectivity index (χ4n) is 2.52. The molecule has 1 aromatic heterocycles. The number of rotatable bonds is 4. The van der Waals surface area contributed by atoms with Gasteiger partial charge in [-0.05, 0) is 18.4 Å². The lowest BCUT2D eigenvalue weighted by Crippen LogP contribution is -2.47. The Balaban J connectivity index is 1.72. The number of halogens is 3. The quantitative estimate of drug-likeness (QED) is 0.906. The molecule has 2 heterocycles. The van der Waals surface area contributed by atoms with E-state index in [1.54, 1.807) is 24.1 Å². The molecule has 1 fully saturated rings. The lowest BCUT2D eigenvalue weighted by atomic mass is 10.0. The molecule has 0 spiro atoms. The molecule has 1 N–H and O–H groups in total. The highest BCUT2D eigenvalue weighted by Gasteiger charge is 2.32. The van der Waals surface area contributed by atoms with Gasteiger partial charge in [0.25, 0.3) is 0 Å². The van der Waals surface area contributed by atoms with E-state index >= 15 is 0 Å². The first kappa shape index (κ1) is 15.8. The van der Waals surface area contributed by atoms with Crippen LogP contribution in [0.25, 0.3) is 0 Å². The molecule has 118 valence electrons. The van der Waals surface area contributed by atoms with Gasteiger partial charge in [0.2, 0.25) is 5.91 Å². The number of likely N-dealkylation sites (tertiary alicyclic amines) is 1. The molecule has 21 heavy (non-hydrogen) atoms. The van der Waals surface area contributed by atoms with Crippen molar-refractivity contribution in [1.82, 2.24) is 20.0 Å². The van der Waals surface area contributed by atoms with E-state index < -0.39 is 12.7 Å². The average molecular weight is 304 g/mol. The average Bonchev–Trinajstić information content (AvgIpc) is 2.75. The van der Waals surface area contributed by atoms with Gasteiger partial charge in [0.15, 0.2) is 0 Å². The van der Waals surface area contributed by atoms with E-state index in [-0.39, 0.29) is 18.4 Å². The summed E-state index contributed by atoms with van der Waals surface area (Å²) in [7, 11) is 1.78. The summed E-state index contributed by atoms with van der Waals surface area (Å²) >= 11 is 0. The first-order valence-electron chi connectivity index (χ1n) is 6.88. The summed E-state index contributed by atoms with van der Waals surface area (Å²) in [5.41, 5.74) is 0.824. The Morgan fingerprint density at radius 2 is 2.10 bits per heavy atom. The van der Waals surface area contributed by atoms with E-state index in [0.717, 1.165) is 5.56 Å². The van der Waals surface area contributed by atoms with E-state index in [9.17, 15) is 18.0 Å². The predicted octanol–water partition coefficient (Wildman–Crippen LogP) is 1.11. The fourth-order valence-corrected chi connectivity index (χ4v) is 2.52. The molecular formula is C13H19F3N4O. The van der Waals surface area contributed by atoms with E-state index in [2.05, 4.69) is 10.4 Å². The van der Waals surface area contributed by atoms with Gasteiger partial charge in [-0.1, -0.05) is 0 Å². The molecule has 0 aliphatic carbocycles. The molecule has 5 nitrogen and oxygen atoms in total. The third kappa shape index (κ3) is 5.37. The van der Waals surface area contributed by atoms with Gasteiger partial charge >= 0.3 is 6.18 Å². The minimum Gasteiger partial charge on any atom is -0.353 e. The predicted molar refractivity (Wildman–Crippen MR) is 70.6 cm³/mol. The van der Waals surface area contributed by atoms with Crippen molar-refractivity contribution in [3.8, 4) is 0 Å². The number of alkyl halides is 3. The van der Waals surface area contributed by atoms with Crippen LogP contribution in [0, 0.1) is 0 Å². The smallest absolute Gasteiger partial charge is 0.353 e. The van der Waals surface area contributed by atoms with Crippen LogP contribution in [0.5, 0.6) is 0 Å². The van der Waals surface area contributed by atoms with Gasteiger partial charge in [0.05, 0.1) is 19.2 Å². The van der Waals surface area contributed by atoms with Crippen molar-refractivity contribution >= 4 is 5.91 Å². The minimum atomic E-state index is -4.16. The molecule has 0 radical (unpaired) electrons. The number of aryl methyl sites for hydroxylation is 1. The zero-order chi connectivity index (χ0) is 15.5. The van der Waals surface area contributed by atoms with Crippen LogP contribution in [0.1, 0.15) is 18.4 Å². The van der Waals surface area contributed by atoms with Crippen LogP contribution >= 0.6 is 0 Å². The summed E-state index contributed by atoms with van der Waals surface area (Å²) in [6, 6.07) is -0.0429. The zero-order valence-electron chi connectivity index (χ0n) is 11.9. The van der Waals surface area contributed by atoms with Crippen molar-refractivity contribution in [2.24, 2.45) is 7.05 Å². The second-order valence-corrected chi connectivity index (χ2v) is 5.43. The van der Waals surface area contributed by atoms with Gasteiger partial charge < -0.3 is 5.32 Å². The van der Waals surface area contributed by atoms with E-state index in [0.29, 0.717) is 25.9 Å². The number of carbonyl (C=O) groups is 1. The van der Waals surface area contributed by atoms with E-state index in [4.69, 9.17) is 0 Å². The fraction of sp³-hybridized carbons (Fsp3) is 0.692. The SMILES string of the molecule is Cn1cc(CC(=O)NC2CCN(CC(F)(F)F)CC2)cn1. The van der Waals surface area contributed by atoms with Crippen molar-refractivity contribution in [2.75, 3.05) is 19.6 Å². The molecule has 0 bridgehead atoms. The first-order chi connectivity index (χ1) is 9.82. The van der Waals surface area contributed by atoms with Gasteiger partial charge in [-0.3, -0.25) is 14.4 Å². The second-order valence-electron chi connectivity index (χ2n) is 5.43. The number of hydrogen-bond acceptors (Lipinski definition) is 3. The number of amides is 1. The Morgan fingerprint density at radius 3 is 2.62 bits per heavy atom. The van der Waals surface area contributed by atoms with Gasteiger partial charge in [-0.2, -0.15) is 18.3 Å². The molecule has 0 saturated carbocycles. The summed E-state index contributed by atoms with van der Waals surface area (Å²) in [5, 5.41) is 6.86. The summed E-state index contributed by atoms with van der Waals surface area (Å²) in [6.45, 7) is -0.155. The maximum Gasteiger partial charge on any atom is 0.401 e. The topological polar surface area (TPSA) is 50.2 Å². The monoisotopic (exact) mass is 304 g/mol. The van der Waals surface area contributed by atoms with Gasteiger partial charge in [-0.15, -0.1) is 0 Å².